The fourth-order valence-electron chi connectivity index (χ4n) is 1.82. The molecule has 1 atom stereocenters. The van der Waals surface area contributed by atoms with E-state index < -0.39 is 0 Å². The van der Waals surface area contributed by atoms with Crippen LogP contribution in [0.3, 0.4) is 0 Å². The summed E-state index contributed by atoms with van der Waals surface area (Å²) in [5, 5.41) is 0. The van der Waals surface area contributed by atoms with Crippen LogP contribution >= 0.6 is 0 Å². The lowest BCUT2D eigenvalue weighted by Crippen LogP contribution is -2.49. The highest BCUT2D eigenvalue weighted by Gasteiger charge is 2.38. The Morgan fingerprint density at radius 3 is 2.62 bits per heavy atom. The molecule has 0 saturated carbocycles. The minimum Gasteiger partial charge on any atom is -0.370 e. The van der Waals surface area contributed by atoms with Crippen molar-refractivity contribution in [1.82, 2.24) is 4.90 Å². The van der Waals surface area contributed by atoms with E-state index in [2.05, 4.69) is 18.7 Å². The number of nitrogens with two attached hydrogens (primary N) is 2. The molecule has 13 heavy (non-hydrogen) atoms. The van der Waals surface area contributed by atoms with Crippen molar-refractivity contribution in [1.29, 1.82) is 0 Å². The summed E-state index contributed by atoms with van der Waals surface area (Å²) in [6, 6.07) is 0.209. The normalized spacial score (nSPS) is 27.8. The molecular formula is C9H19N3O. The maximum absolute atomic E-state index is 10.6. The van der Waals surface area contributed by atoms with Crippen molar-refractivity contribution in [2.24, 2.45) is 11.5 Å². The molecule has 0 radical (unpaired) electrons. The number of carbonyl (C=O) groups excluding carboxylic acids is 1. The summed E-state index contributed by atoms with van der Waals surface area (Å²) in [6.45, 7) is 5.94. The maximum Gasteiger partial charge on any atom is 0.218 e. The van der Waals surface area contributed by atoms with Crippen LogP contribution in [0.1, 0.15) is 26.7 Å². The van der Waals surface area contributed by atoms with E-state index in [1.807, 2.05) is 0 Å². The zero-order valence-corrected chi connectivity index (χ0v) is 8.42. The summed E-state index contributed by atoms with van der Waals surface area (Å²) >= 11 is 0. The van der Waals surface area contributed by atoms with Crippen molar-refractivity contribution >= 4 is 5.91 Å². The van der Waals surface area contributed by atoms with E-state index >= 15 is 0 Å². The molecule has 1 fully saturated rings. The first-order valence-electron chi connectivity index (χ1n) is 4.73. The smallest absolute Gasteiger partial charge is 0.218 e. The van der Waals surface area contributed by atoms with E-state index in [9.17, 15) is 4.79 Å². The number of nitrogens with zero attached hydrogens (tertiary/aromatic N) is 1. The summed E-state index contributed by atoms with van der Waals surface area (Å²) in [4.78, 5) is 12.9. The van der Waals surface area contributed by atoms with Crippen LogP contribution in [0, 0.1) is 0 Å². The zero-order chi connectivity index (χ0) is 10.1. The van der Waals surface area contributed by atoms with Gasteiger partial charge in [-0.1, -0.05) is 0 Å². The van der Waals surface area contributed by atoms with Gasteiger partial charge in [0.05, 0.1) is 0 Å². The first-order chi connectivity index (χ1) is 5.94. The van der Waals surface area contributed by atoms with Gasteiger partial charge in [0.25, 0.3) is 0 Å². The van der Waals surface area contributed by atoms with Crippen molar-refractivity contribution < 1.29 is 4.79 Å². The topological polar surface area (TPSA) is 72.3 Å². The van der Waals surface area contributed by atoms with Gasteiger partial charge in [-0.25, -0.2) is 0 Å². The fourth-order valence-corrected chi connectivity index (χ4v) is 1.82. The second-order valence-electron chi connectivity index (χ2n) is 4.25. The van der Waals surface area contributed by atoms with Gasteiger partial charge in [0.1, 0.15) is 0 Å². The van der Waals surface area contributed by atoms with E-state index in [0.717, 1.165) is 19.5 Å². The largest absolute Gasteiger partial charge is 0.370 e. The minimum atomic E-state index is -0.240. The number of likely N-dealkylation sites (tertiary alicyclic amines) is 1. The van der Waals surface area contributed by atoms with Crippen molar-refractivity contribution in [3.05, 3.63) is 0 Å². The lowest BCUT2D eigenvalue weighted by molar-refractivity contribution is -0.118. The highest BCUT2D eigenvalue weighted by molar-refractivity contribution is 5.73. The third-order valence-electron chi connectivity index (χ3n) is 3.06. The Kier molecular flexibility index (Phi) is 2.93. The van der Waals surface area contributed by atoms with Crippen LogP contribution in [-0.4, -0.2) is 35.5 Å². The van der Waals surface area contributed by atoms with E-state index in [4.69, 9.17) is 11.5 Å². The number of primary amides is 1. The molecule has 0 aromatic rings. The van der Waals surface area contributed by atoms with Crippen molar-refractivity contribution in [3.8, 4) is 0 Å². The van der Waals surface area contributed by atoms with Crippen molar-refractivity contribution in [3.63, 3.8) is 0 Å². The second kappa shape index (κ2) is 3.64. The van der Waals surface area contributed by atoms with Crippen LogP contribution in [0.2, 0.25) is 0 Å². The lowest BCUT2D eigenvalue weighted by atomic mass is 9.97. The average molecular weight is 185 g/mol. The molecule has 4 nitrogen and oxygen atoms in total. The Bertz CT molecular complexity index is 203. The average Bonchev–Trinajstić information content (AvgIpc) is 2.25. The Hall–Kier alpha value is -0.610. The Labute approximate surface area is 79.3 Å². The van der Waals surface area contributed by atoms with E-state index in [1.54, 1.807) is 0 Å². The van der Waals surface area contributed by atoms with Gasteiger partial charge in [0.15, 0.2) is 0 Å². The van der Waals surface area contributed by atoms with Gasteiger partial charge in [-0.3, -0.25) is 9.69 Å². The molecule has 1 unspecified atom stereocenters. The van der Waals surface area contributed by atoms with Gasteiger partial charge in [0.2, 0.25) is 5.91 Å². The van der Waals surface area contributed by atoms with E-state index in [1.165, 1.54) is 0 Å². The first kappa shape index (κ1) is 10.5. The van der Waals surface area contributed by atoms with Gasteiger partial charge in [-0.05, 0) is 20.3 Å². The van der Waals surface area contributed by atoms with Crippen LogP contribution < -0.4 is 11.5 Å². The highest BCUT2D eigenvalue weighted by atomic mass is 16.1. The Balaban J connectivity index is 2.47. The number of rotatable bonds is 3. The van der Waals surface area contributed by atoms with Gasteiger partial charge >= 0.3 is 0 Å². The zero-order valence-electron chi connectivity index (χ0n) is 8.42. The monoisotopic (exact) mass is 185 g/mol. The predicted molar refractivity (Wildman–Crippen MR) is 52.1 cm³/mol. The molecule has 1 heterocycles. The highest BCUT2D eigenvalue weighted by Crippen LogP contribution is 2.27. The minimum absolute atomic E-state index is 0.00937. The summed E-state index contributed by atoms with van der Waals surface area (Å²) in [5.41, 5.74) is 11.1. The summed E-state index contributed by atoms with van der Waals surface area (Å²) in [5.74, 6) is -0.240. The molecule has 0 aliphatic carbocycles. The van der Waals surface area contributed by atoms with Crippen molar-refractivity contribution in [2.45, 2.75) is 38.3 Å². The number of carbonyl (C=O) groups is 1. The number of hydrogen-bond acceptors (Lipinski definition) is 3. The molecular weight excluding hydrogens is 166 g/mol. The molecule has 1 rings (SSSR count). The molecule has 0 aromatic heterocycles. The standard InChI is InChI=1S/C9H19N3O/c1-9(2)7(10)3-5-12(9)6-4-8(11)13/h7H,3-6,10H2,1-2H3,(H2,11,13). The van der Waals surface area contributed by atoms with Crippen LogP contribution in [0.15, 0.2) is 0 Å². The van der Waals surface area contributed by atoms with Crippen LogP contribution in [0.5, 0.6) is 0 Å². The molecule has 76 valence electrons. The summed E-state index contributed by atoms with van der Waals surface area (Å²) in [7, 11) is 0. The van der Waals surface area contributed by atoms with Crippen LogP contribution in [-0.2, 0) is 4.79 Å². The number of amides is 1. The van der Waals surface area contributed by atoms with E-state index in [-0.39, 0.29) is 17.5 Å². The predicted octanol–water partition coefficient (Wildman–Crippen LogP) is -0.327. The summed E-state index contributed by atoms with van der Waals surface area (Å²) < 4.78 is 0. The SMILES string of the molecule is CC1(C)C(N)CCN1CCC(N)=O. The van der Waals surface area contributed by atoms with Crippen LogP contribution in [0.4, 0.5) is 0 Å². The maximum atomic E-state index is 10.6. The molecule has 1 aliphatic rings. The molecule has 4 heteroatoms. The fraction of sp³-hybridized carbons (Fsp3) is 0.889. The number of hydrogen-bond donors (Lipinski definition) is 2. The van der Waals surface area contributed by atoms with Gasteiger partial charge in [0, 0.05) is 31.1 Å². The first-order valence-corrected chi connectivity index (χ1v) is 4.73. The molecule has 0 spiro atoms. The van der Waals surface area contributed by atoms with Gasteiger partial charge in [-0.2, -0.15) is 0 Å². The quantitative estimate of drug-likeness (QED) is 0.632. The molecule has 0 bridgehead atoms. The molecule has 1 aliphatic heterocycles. The molecule has 1 saturated heterocycles. The lowest BCUT2D eigenvalue weighted by Gasteiger charge is -2.34. The van der Waals surface area contributed by atoms with Gasteiger partial charge < -0.3 is 11.5 Å². The molecule has 4 N–H and O–H groups in total. The summed E-state index contributed by atoms with van der Waals surface area (Å²) in [6.07, 6.45) is 1.43. The van der Waals surface area contributed by atoms with E-state index in [0.29, 0.717) is 6.42 Å². The third kappa shape index (κ3) is 2.19. The third-order valence-corrected chi connectivity index (χ3v) is 3.06. The second-order valence-corrected chi connectivity index (χ2v) is 4.25. The van der Waals surface area contributed by atoms with Crippen LogP contribution in [0.25, 0.3) is 0 Å². The van der Waals surface area contributed by atoms with Crippen molar-refractivity contribution in [2.75, 3.05) is 13.1 Å². The Morgan fingerprint density at radius 1 is 1.62 bits per heavy atom. The molecule has 1 amide bonds. The Morgan fingerprint density at radius 2 is 2.23 bits per heavy atom. The molecule has 0 aromatic carbocycles. The van der Waals surface area contributed by atoms with Gasteiger partial charge in [-0.15, -0.1) is 0 Å².